The summed E-state index contributed by atoms with van der Waals surface area (Å²) in [6, 6.07) is 14.6. The third-order valence-corrected chi connectivity index (χ3v) is 3.45. The topological polar surface area (TPSA) is 47.6 Å². The summed E-state index contributed by atoms with van der Waals surface area (Å²) >= 11 is 6.01. The molecule has 2 aromatic rings. The van der Waals surface area contributed by atoms with Crippen LogP contribution in [0.2, 0.25) is 5.02 Å². The van der Waals surface area contributed by atoms with E-state index < -0.39 is 6.10 Å². The Morgan fingerprint density at radius 1 is 1.18 bits per heavy atom. The molecule has 0 fully saturated rings. The molecule has 116 valence electrons. The van der Waals surface area contributed by atoms with Gasteiger partial charge in [-0.1, -0.05) is 35.9 Å². The van der Waals surface area contributed by atoms with Gasteiger partial charge in [0, 0.05) is 6.54 Å². The van der Waals surface area contributed by atoms with Crippen LogP contribution in [0.4, 0.5) is 0 Å². The van der Waals surface area contributed by atoms with Crippen molar-refractivity contribution in [3.63, 3.8) is 0 Å². The molecule has 1 atom stereocenters. The van der Waals surface area contributed by atoms with Gasteiger partial charge in [0.15, 0.2) is 6.10 Å². The van der Waals surface area contributed by atoms with E-state index in [1.165, 1.54) is 0 Å². The number of rotatable bonds is 6. The third-order valence-electron chi connectivity index (χ3n) is 3.14. The highest BCUT2D eigenvalue weighted by Crippen LogP contribution is 2.24. The lowest BCUT2D eigenvalue weighted by molar-refractivity contribution is -0.127. The molecule has 2 aromatic carbocycles. The van der Waals surface area contributed by atoms with Crippen molar-refractivity contribution in [3.8, 4) is 11.5 Å². The zero-order valence-electron chi connectivity index (χ0n) is 12.5. The molecule has 0 saturated carbocycles. The van der Waals surface area contributed by atoms with Gasteiger partial charge in [-0.25, -0.2) is 0 Å². The van der Waals surface area contributed by atoms with E-state index in [1.807, 2.05) is 36.4 Å². The summed E-state index contributed by atoms with van der Waals surface area (Å²) < 4.78 is 10.7. The average molecular weight is 320 g/mol. The monoisotopic (exact) mass is 319 g/mol. The normalized spacial score (nSPS) is 11.6. The Hall–Kier alpha value is -2.20. The van der Waals surface area contributed by atoms with E-state index in [9.17, 15) is 4.79 Å². The van der Waals surface area contributed by atoms with Crippen LogP contribution in [0.15, 0.2) is 48.5 Å². The van der Waals surface area contributed by atoms with Crippen LogP contribution in [0.5, 0.6) is 11.5 Å². The number of hydrogen-bond donors (Lipinski definition) is 1. The summed E-state index contributed by atoms with van der Waals surface area (Å²) in [4.78, 5) is 12.1. The predicted molar refractivity (Wildman–Crippen MR) is 86.4 cm³/mol. The maximum Gasteiger partial charge on any atom is 0.261 e. The number of benzene rings is 2. The van der Waals surface area contributed by atoms with Crippen LogP contribution in [0.3, 0.4) is 0 Å². The summed E-state index contributed by atoms with van der Waals surface area (Å²) in [7, 11) is 1.62. The second kappa shape index (κ2) is 7.71. The first kappa shape index (κ1) is 16.2. The molecule has 0 aliphatic heterocycles. The van der Waals surface area contributed by atoms with Crippen molar-refractivity contribution in [2.45, 2.75) is 19.6 Å². The molecule has 1 N–H and O–H groups in total. The Balaban J connectivity index is 1.87. The van der Waals surface area contributed by atoms with Crippen LogP contribution in [-0.4, -0.2) is 19.1 Å². The number of carbonyl (C=O) groups is 1. The minimum absolute atomic E-state index is 0.198. The van der Waals surface area contributed by atoms with Gasteiger partial charge in [0.05, 0.1) is 12.1 Å². The first-order valence-corrected chi connectivity index (χ1v) is 7.30. The first-order chi connectivity index (χ1) is 10.6. The Morgan fingerprint density at radius 2 is 1.86 bits per heavy atom. The van der Waals surface area contributed by atoms with Crippen molar-refractivity contribution in [1.82, 2.24) is 5.32 Å². The molecular weight excluding hydrogens is 302 g/mol. The van der Waals surface area contributed by atoms with Crippen LogP contribution in [-0.2, 0) is 11.3 Å². The molecule has 0 aliphatic carbocycles. The standard InChI is InChI=1S/C17H18ClNO3/c1-12(22-16-6-4-3-5-15(16)18)17(20)19-11-13-7-9-14(21-2)10-8-13/h3-10,12H,11H2,1-2H3,(H,19,20)/t12-/m0/s1. The Labute approximate surface area is 135 Å². The van der Waals surface area contributed by atoms with Crippen molar-refractivity contribution >= 4 is 17.5 Å². The fourth-order valence-corrected chi connectivity index (χ4v) is 2.04. The number of para-hydroxylation sites is 1. The number of methoxy groups -OCH3 is 1. The molecule has 0 spiro atoms. The lowest BCUT2D eigenvalue weighted by Crippen LogP contribution is -2.35. The highest BCUT2D eigenvalue weighted by molar-refractivity contribution is 6.32. The molecule has 5 heteroatoms. The second-order valence-electron chi connectivity index (χ2n) is 4.76. The van der Waals surface area contributed by atoms with Crippen molar-refractivity contribution in [1.29, 1.82) is 0 Å². The zero-order chi connectivity index (χ0) is 15.9. The molecule has 4 nitrogen and oxygen atoms in total. The minimum Gasteiger partial charge on any atom is -0.497 e. The van der Waals surface area contributed by atoms with Crippen LogP contribution in [0.1, 0.15) is 12.5 Å². The maximum atomic E-state index is 12.1. The molecule has 22 heavy (non-hydrogen) atoms. The van der Waals surface area contributed by atoms with E-state index in [1.54, 1.807) is 26.2 Å². The Bertz CT molecular complexity index is 628. The van der Waals surface area contributed by atoms with E-state index in [0.717, 1.165) is 11.3 Å². The fraction of sp³-hybridized carbons (Fsp3) is 0.235. The molecule has 0 bridgehead atoms. The smallest absolute Gasteiger partial charge is 0.261 e. The van der Waals surface area contributed by atoms with Crippen molar-refractivity contribution in [3.05, 3.63) is 59.1 Å². The van der Waals surface area contributed by atoms with E-state index in [2.05, 4.69) is 5.32 Å². The van der Waals surface area contributed by atoms with Crippen molar-refractivity contribution in [2.75, 3.05) is 7.11 Å². The lowest BCUT2D eigenvalue weighted by Gasteiger charge is -2.15. The number of amides is 1. The Kier molecular flexibility index (Phi) is 5.67. The minimum atomic E-state index is -0.627. The SMILES string of the molecule is COc1ccc(CNC(=O)[C@H](C)Oc2ccccc2Cl)cc1. The molecule has 0 saturated heterocycles. The number of nitrogens with one attached hydrogen (secondary N) is 1. The number of hydrogen-bond acceptors (Lipinski definition) is 3. The van der Waals surface area contributed by atoms with Crippen LogP contribution >= 0.6 is 11.6 Å². The van der Waals surface area contributed by atoms with Gasteiger partial charge in [0.2, 0.25) is 0 Å². The highest BCUT2D eigenvalue weighted by Gasteiger charge is 2.15. The summed E-state index contributed by atoms with van der Waals surface area (Å²) in [6.45, 7) is 2.12. The first-order valence-electron chi connectivity index (χ1n) is 6.92. The van der Waals surface area contributed by atoms with Gasteiger partial charge in [0.1, 0.15) is 11.5 Å². The van der Waals surface area contributed by atoms with E-state index in [-0.39, 0.29) is 5.91 Å². The number of halogens is 1. The maximum absolute atomic E-state index is 12.1. The van der Waals surface area contributed by atoms with E-state index >= 15 is 0 Å². The molecule has 0 aliphatic rings. The van der Waals surface area contributed by atoms with Crippen LogP contribution < -0.4 is 14.8 Å². The van der Waals surface area contributed by atoms with E-state index in [4.69, 9.17) is 21.1 Å². The zero-order valence-corrected chi connectivity index (χ0v) is 13.3. The summed E-state index contributed by atoms with van der Waals surface area (Å²) in [5.41, 5.74) is 0.985. The molecule has 0 aromatic heterocycles. The van der Waals surface area contributed by atoms with Gasteiger partial charge in [-0.05, 0) is 36.8 Å². The van der Waals surface area contributed by atoms with Gasteiger partial charge in [-0.3, -0.25) is 4.79 Å². The fourth-order valence-electron chi connectivity index (χ4n) is 1.86. The summed E-state index contributed by atoms with van der Waals surface area (Å²) in [5, 5.41) is 3.31. The molecule has 2 rings (SSSR count). The average Bonchev–Trinajstić information content (AvgIpc) is 2.55. The van der Waals surface area contributed by atoms with Gasteiger partial charge in [0.25, 0.3) is 5.91 Å². The highest BCUT2D eigenvalue weighted by atomic mass is 35.5. The molecule has 0 radical (unpaired) electrons. The van der Waals surface area contributed by atoms with Crippen LogP contribution in [0.25, 0.3) is 0 Å². The largest absolute Gasteiger partial charge is 0.497 e. The predicted octanol–water partition coefficient (Wildman–Crippen LogP) is 3.43. The summed E-state index contributed by atoms with van der Waals surface area (Å²) in [5.74, 6) is 1.08. The van der Waals surface area contributed by atoms with Gasteiger partial charge in [-0.15, -0.1) is 0 Å². The quantitative estimate of drug-likeness (QED) is 0.887. The molecular formula is C17H18ClNO3. The van der Waals surface area contributed by atoms with Gasteiger partial charge >= 0.3 is 0 Å². The molecule has 1 amide bonds. The summed E-state index contributed by atoms with van der Waals surface area (Å²) in [6.07, 6.45) is -0.627. The Morgan fingerprint density at radius 3 is 2.50 bits per heavy atom. The number of carbonyl (C=O) groups excluding carboxylic acids is 1. The lowest BCUT2D eigenvalue weighted by atomic mass is 10.2. The second-order valence-corrected chi connectivity index (χ2v) is 5.16. The molecule has 0 heterocycles. The van der Waals surface area contributed by atoms with Crippen molar-refractivity contribution in [2.24, 2.45) is 0 Å². The van der Waals surface area contributed by atoms with Crippen molar-refractivity contribution < 1.29 is 14.3 Å². The van der Waals surface area contributed by atoms with Gasteiger partial charge < -0.3 is 14.8 Å². The molecule has 0 unspecified atom stereocenters. The van der Waals surface area contributed by atoms with Crippen LogP contribution in [0, 0.1) is 0 Å². The van der Waals surface area contributed by atoms with E-state index in [0.29, 0.717) is 17.3 Å². The third kappa shape index (κ3) is 4.40. The van der Waals surface area contributed by atoms with Gasteiger partial charge in [-0.2, -0.15) is 0 Å². The number of ether oxygens (including phenoxy) is 2.